The van der Waals surface area contributed by atoms with Crippen molar-refractivity contribution in [3.8, 4) is 11.4 Å². The lowest BCUT2D eigenvalue weighted by Crippen LogP contribution is -2.20. The molecule has 0 radical (unpaired) electrons. The summed E-state index contributed by atoms with van der Waals surface area (Å²) < 4.78 is 24.7. The van der Waals surface area contributed by atoms with Gasteiger partial charge >= 0.3 is 0 Å². The molecule has 1 aliphatic rings. The van der Waals surface area contributed by atoms with E-state index in [0.29, 0.717) is 6.42 Å². The molecule has 0 aliphatic carbocycles. The van der Waals surface area contributed by atoms with Crippen LogP contribution >= 0.6 is 0 Å². The van der Waals surface area contributed by atoms with Crippen LogP contribution in [-0.4, -0.2) is 40.7 Å². The van der Waals surface area contributed by atoms with Crippen molar-refractivity contribution in [2.45, 2.75) is 12.5 Å². The lowest BCUT2D eigenvalue weighted by atomic mass is 10.1. The lowest BCUT2D eigenvalue weighted by Gasteiger charge is -2.12. The summed E-state index contributed by atoms with van der Waals surface area (Å²) in [6.07, 6.45) is 2.33. The number of sulfone groups is 1. The third-order valence-corrected chi connectivity index (χ3v) is 5.23. The van der Waals surface area contributed by atoms with Crippen molar-refractivity contribution < 1.29 is 8.42 Å². The summed E-state index contributed by atoms with van der Waals surface area (Å²) >= 11 is 0. The number of anilines is 1. The highest BCUT2D eigenvalue weighted by Gasteiger charge is 2.27. The largest absolute Gasteiger partial charge is 0.381 e. The number of hydrogen-bond donors (Lipinski definition) is 1. The van der Waals surface area contributed by atoms with Crippen molar-refractivity contribution in [3.05, 3.63) is 30.6 Å². The first-order valence-electron chi connectivity index (χ1n) is 6.45. The first-order valence-corrected chi connectivity index (χ1v) is 8.27. The minimum absolute atomic E-state index is 0.0145. The number of aryl methyl sites for hydroxylation is 1. The number of aromatic nitrogens is 3. The van der Waals surface area contributed by atoms with E-state index in [4.69, 9.17) is 0 Å². The number of nitrogens with one attached hydrogen (secondary N) is 1. The van der Waals surface area contributed by atoms with Gasteiger partial charge in [0, 0.05) is 24.3 Å². The summed E-state index contributed by atoms with van der Waals surface area (Å²) in [7, 11) is -0.955. The van der Waals surface area contributed by atoms with Crippen molar-refractivity contribution in [1.82, 2.24) is 14.8 Å². The standard InChI is InChI=1S/C13H16N4O2S/c1-17-9-14-16-13(17)10-2-4-11(5-3-10)15-12-6-7-20(18,19)8-12/h2-5,9,12,15H,6-8H2,1H3. The summed E-state index contributed by atoms with van der Waals surface area (Å²) in [5, 5.41) is 11.2. The van der Waals surface area contributed by atoms with E-state index >= 15 is 0 Å². The zero-order valence-corrected chi connectivity index (χ0v) is 12.0. The van der Waals surface area contributed by atoms with Crippen molar-refractivity contribution in [2.24, 2.45) is 7.05 Å². The van der Waals surface area contributed by atoms with Gasteiger partial charge in [0.1, 0.15) is 6.33 Å². The van der Waals surface area contributed by atoms with Gasteiger partial charge in [-0.1, -0.05) is 0 Å². The monoisotopic (exact) mass is 292 g/mol. The molecule has 3 rings (SSSR count). The fourth-order valence-electron chi connectivity index (χ4n) is 2.40. The highest BCUT2D eigenvalue weighted by Crippen LogP contribution is 2.21. The Morgan fingerprint density at radius 3 is 2.60 bits per heavy atom. The van der Waals surface area contributed by atoms with E-state index in [0.717, 1.165) is 17.1 Å². The van der Waals surface area contributed by atoms with Crippen LogP contribution in [-0.2, 0) is 16.9 Å². The zero-order valence-electron chi connectivity index (χ0n) is 11.2. The highest BCUT2D eigenvalue weighted by atomic mass is 32.2. The van der Waals surface area contributed by atoms with E-state index in [1.807, 2.05) is 35.9 Å². The zero-order chi connectivity index (χ0) is 14.2. The van der Waals surface area contributed by atoms with E-state index in [9.17, 15) is 8.42 Å². The molecule has 0 spiro atoms. The van der Waals surface area contributed by atoms with E-state index in [2.05, 4.69) is 15.5 Å². The molecule has 1 aromatic heterocycles. The van der Waals surface area contributed by atoms with Crippen LogP contribution < -0.4 is 5.32 Å². The van der Waals surface area contributed by atoms with E-state index in [1.54, 1.807) is 6.33 Å². The van der Waals surface area contributed by atoms with Crippen LogP contribution in [0.3, 0.4) is 0 Å². The quantitative estimate of drug-likeness (QED) is 0.916. The van der Waals surface area contributed by atoms with Gasteiger partial charge in [-0.2, -0.15) is 0 Å². The summed E-state index contributed by atoms with van der Waals surface area (Å²) in [6, 6.07) is 7.80. The van der Waals surface area contributed by atoms with Crippen molar-refractivity contribution in [3.63, 3.8) is 0 Å². The molecule has 1 aliphatic heterocycles. The molecule has 1 atom stereocenters. The molecule has 1 N–H and O–H groups in total. The Balaban J connectivity index is 1.73. The van der Waals surface area contributed by atoms with Crippen LogP contribution in [0.1, 0.15) is 6.42 Å². The maximum Gasteiger partial charge on any atom is 0.163 e. The van der Waals surface area contributed by atoms with Gasteiger partial charge in [-0.15, -0.1) is 10.2 Å². The van der Waals surface area contributed by atoms with Gasteiger partial charge in [0.2, 0.25) is 0 Å². The minimum atomic E-state index is -2.85. The van der Waals surface area contributed by atoms with Crippen molar-refractivity contribution >= 4 is 15.5 Å². The maximum absolute atomic E-state index is 11.4. The summed E-state index contributed by atoms with van der Waals surface area (Å²) in [5.74, 6) is 1.31. The Kier molecular flexibility index (Phi) is 3.21. The topological polar surface area (TPSA) is 76.9 Å². The molecule has 1 unspecified atom stereocenters. The molecule has 6 nitrogen and oxygen atoms in total. The molecule has 7 heteroatoms. The third-order valence-electron chi connectivity index (χ3n) is 3.46. The van der Waals surface area contributed by atoms with E-state index in [-0.39, 0.29) is 17.5 Å². The van der Waals surface area contributed by atoms with Gasteiger partial charge in [-0.05, 0) is 30.7 Å². The SMILES string of the molecule is Cn1cnnc1-c1ccc(NC2CCS(=O)(=O)C2)cc1. The van der Waals surface area contributed by atoms with Crippen molar-refractivity contribution in [1.29, 1.82) is 0 Å². The summed E-state index contributed by atoms with van der Waals surface area (Å²) in [5.41, 5.74) is 1.91. The highest BCUT2D eigenvalue weighted by molar-refractivity contribution is 7.91. The molecule has 20 heavy (non-hydrogen) atoms. The number of hydrogen-bond acceptors (Lipinski definition) is 5. The normalized spacial score (nSPS) is 20.9. The van der Waals surface area contributed by atoms with Gasteiger partial charge in [0.05, 0.1) is 11.5 Å². The van der Waals surface area contributed by atoms with E-state index in [1.165, 1.54) is 0 Å². The molecule has 0 bridgehead atoms. The van der Waals surface area contributed by atoms with Crippen LogP contribution in [0, 0.1) is 0 Å². The molecule has 2 heterocycles. The maximum atomic E-state index is 11.4. The lowest BCUT2D eigenvalue weighted by molar-refractivity contribution is 0.602. The predicted octanol–water partition coefficient (Wildman–Crippen LogP) is 1.08. The predicted molar refractivity (Wildman–Crippen MR) is 77.1 cm³/mol. The third kappa shape index (κ3) is 2.67. The van der Waals surface area contributed by atoms with E-state index < -0.39 is 9.84 Å². The first-order chi connectivity index (χ1) is 9.53. The van der Waals surface area contributed by atoms with Gasteiger partial charge in [-0.3, -0.25) is 0 Å². The second kappa shape index (κ2) is 4.90. The Hall–Kier alpha value is -1.89. The molecular formula is C13H16N4O2S. The summed E-state index contributed by atoms with van der Waals surface area (Å²) in [4.78, 5) is 0. The molecule has 1 saturated heterocycles. The molecule has 106 valence electrons. The second-order valence-corrected chi connectivity index (χ2v) is 7.32. The average Bonchev–Trinajstić information content (AvgIpc) is 2.97. The van der Waals surface area contributed by atoms with Gasteiger partial charge < -0.3 is 9.88 Å². The molecule has 1 aromatic carbocycles. The van der Waals surface area contributed by atoms with Crippen LogP contribution in [0.15, 0.2) is 30.6 Å². The number of rotatable bonds is 3. The fourth-order valence-corrected chi connectivity index (χ4v) is 4.08. The Bertz CT molecular complexity index is 706. The van der Waals surface area contributed by atoms with Crippen LogP contribution in [0.4, 0.5) is 5.69 Å². The van der Waals surface area contributed by atoms with Gasteiger partial charge in [0.15, 0.2) is 15.7 Å². The van der Waals surface area contributed by atoms with Gasteiger partial charge in [-0.25, -0.2) is 8.42 Å². The van der Waals surface area contributed by atoms with Crippen LogP contribution in [0.5, 0.6) is 0 Å². The minimum Gasteiger partial charge on any atom is -0.381 e. The Labute approximate surface area is 117 Å². The first kappa shape index (κ1) is 13.1. The number of benzene rings is 1. The van der Waals surface area contributed by atoms with Crippen LogP contribution in [0.2, 0.25) is 0 Å². The molecule has 0 saturated carbocycles. The Morgan fingerprint density at radius 1 is 1.30 bits per heavy atom. The molecule has 1 fully saturated rings. The Morgan fingerprint density at radius 2 is 2.05 bits per heavy atom. The molecule has 0 amide bonds. The van der Waals surface area contributed by atoms with Gasteiger partial charge in [0.25, 0.3) is 0 Å². The smallest absolute Gasteiger partial charge is 0.163 e. The summed E-state index contributed by atoms with van der Waals surface area (Å²) in [6.45, 7) is 0. The number of nitrogens with zero attached hydrogens (tertiary/aromatic N) is 3. The second-order valence-electron chi connectivity index (χ2n) is 5.09. The van der Waals surface area contributed by atoms with Crippen LogP contribution in [0.25, 0.3) is 11.4 Å². The fraction of sp³-hybridized carbons (Fsp3) is 0.385. The average molecular weight is 292 g/mol. The molecule has 2 aromatic rings. The molecular weight excluding hydrogens is 276 g/mol. The van der Waals surface area contributed by atoms with Crippen molar-refractivity contribution in [2.75, 3.05) is 16.8 Å².